The monoisotopic (exact) mass is 315 g/mol. The molecule has 0 aliphatic carbocycles. The molecule has 6 heteroatoms. The molecule has 1 amide bonds. The molecule has 3 heterocycles. The lowest BCUT2D eigenvalue weighted by Crippen LogP contribution is -2.43. The van der Waals surface area contributed by atoms with Crippen molar-refractivity contribution >= 4 is 22.8 Å². The number of aromatic amines is 1. The first-order chi connectivity index (χ1) is 10.9. The fourth-order valence-corrected chi connectivity index (χ4v) is 3.04. The summed E-state index contributed by atoms with van der Waals surface area (Å²) in [6.45, 7) is 8.48. The standard InChI is InChI=1S/C17H25N5O/c1-17(2,3)16(23)19-9-12-5-4-8-22(10-12)15-13-6-7-18-14(13)20-11-21-15/h6-7,11-12H,4-5,8-10H2,1-3H3,(H,19,23)(H,18,20,21). The number of piperidine rings is 1. The maximum Gasteiger partial charge on any atom is 0.225 e. The van der Waals surface area contributed by atoms with Crippen LogP contribution >= 0.6 is 0 Å². The van der Waals surface area contributed by atoms with Crippen molar-refractivity contribution in [1.29, 1.82) is 0 Å². The van der Waals surface area contributed by atoms with E-state index in [2.05, 4.69) is 25.2 Å². The van der Waals surface area contributed by atoms with Gasteiger partial charge in [0.1, 0.15) is 17.8 Å². The van der Waals surface area contributed by atoms with E-state index in [0.717, 1.165) is 49.3 Å². The van der Waals surface area contributed by atoms with Gasteiger partial charge in [-0.2, -0.15) is 0 Å². The highest BCUT2D eigenvalue weighted by Crippen LogP contribution is 2.26. The zero-order valence-corrected chi connectivity index (χ0v) is 14.1. The van der Waals surface area contributed by atoms with Gasteiger partial charge in [0, 0.05) is 31.2 Å². The fraction of sp³-hybridized carbons (Fsp3) is 0.588. The maximum absolute atomic E-state index is 12.0. The first kappa shape index (κ1) is 15.8. The minimum absolute atomic E-state index is 0.115. The summed E-state index contributed by atoms with van der Waals surface area (Å²) in [5, 5.41) is 4.15. The van der Waals surface area contributed by atoms with Crippen molar-refractivity contribution < 1.29 is 4.79 Å². The summed E-state index contributed by atoms with van der Waals surface area (Å²) in [6.07, 6.45) is 5.77. The first-order valence-corrected chi connectivity index (χ1v) is 8.26. The second-order valence-electron chi connectivity index (χ2n) is 7.35. The second kappa shape index (κ2) is 6.18. The van der Waals surface area contributed by atoms with E-state index >= 15 is 0 Å². The van der Waals surface area contributed by atoms with Crippen LogP contribution in [0, 0.1) is 11.3 Å². The molecule has 1 aliphatic heterocycles. The number of anilines is 1. The lowest BCUT2D eigenvalue weighted by atomic mass is 9.94. The summed E-state index contributed by atoms with van der Waals surface area (Å²) in [5.41, 5.74) is 0.538. The van der Waals surface area contributed by atoms with E-state index in [1.807, 2.05) is 33.0 Å². The van der Waals surface area contributed by atoms with Crippen molar-refractivity contribution in [3.05, 3.63) is 18.6 Å². The van der Waals surface area contributed by atoms with E-state index in [4.69, 9.17) is 0 Å². The number of hydrogen-bond donors (Lipinski definition) is 2. The summed E-state index contributed by atoms with van der Waals surface area (Å²) in [6, 6.07) is 2.02. The van der Waals surface area contributed by atoms with E-state index in [1.165, 1.54) is 0 Å². The largest absolute Gasteiger partial charge is 0.356 e. The number of nitrogens with one attached hydrogen (secondary N) is 2. The normalized spacial score (nSPS) is 19.1. The van der Waals surface area contributed by atoms with E-state index < -0.39 is 0 Å². The van der Waals surface area contributed by atoms with Gasteiger partial charge in [-0.25, -0.2) is 9.97 Å². The predicted octanol–water partition coefficient (Wildman–Crippen LogP) is 2.34. The third-order valence-corrected chi connectivity index (χ3v) is 4.38. The number of carbonyl (C=O) groups excluding carboxylic acids is 1. The highest BCUT2D eigenvalue weighted by molar-refractivity contribution is 5.87. The molecule has 0 radical (unpaired) electrons. The third-order valence-electron chi connectivity index (χ3n) is 4.38. The van der Waals surface area contributed by atoms with Crippen molar-refractivity contribution in [3.8, 4) is 0 Å². The van der Waals surface area contributed by atoms with Gasteiger partial charge < -0.3 is 15.2 Å². The van der Waals surface area contributed by atoms with Crippen LogP contribution in [0.2, 0.25) is 0 Å². The molecule has 1 unspecified atom stereocenters. The predicted molar refractivity (Wildman–Crippen MR) is 91.3 cm³/mol. The molecular formula is C17H25N5O. The average Bonchev–Trinajstić information content (AvgIpc) is 3.00. The van der Waals surface area contributed by atoms with Gasteiger partial charge in [0.05, 0.1) is 5.39 Å². The molecule has 0 saturated carbocycles. The number of amides is 1. The van der Waals surface area contributed by atoms with Gasteiger partial charge in [0.2, 0.25) is 5.91 Å². The average molecular weight is 315 g/mol. The molecule has 0 bridgehead atoms. The molecule has 124 valence electrons. The highest BCUT2D eigenvalue weighted by atomic mass is 16.2. The lowest BCUT2D eigenvalue weighted by Gasteiger charge is -2.34. The molecule has 0 spiro atoms. The number of rotatable bonds is 3. The topological polar surface area (TPSA) is 73.9 Å². The summed E-state index contributed by atoms with van der Waals surface area (Å²) >= 11 is 0. The molecule has 1 atom stereocenters. The van der Waals surface area contributed by atoms with Crippen LogP contribution in [0.1, 0.15) is 33.6 Å². The Morgan fingerprint density at radius 3 is 3.04 bits per heavy atom. The zero-order valence-electron chi connectivity index (χ0n) is 14.1. The molecular weight excluding hydrogens is 290 g/mol. The number of aromatic nitrogens is 3. The van der Waals surface area contributed by atoms with Crippen molar-refractivity contribution in [3.63, 3.8) is 0 Å². The number of carbonyl (C=O) groups is 1. The van der Waals surface area contributed by atoms with Crippen molar-refractivity contribution in [2.45, 2.75) is 33.6 Å². The Morgan fingerprint density at radius 1 is 1.43 bits per heavy atom. The van der Waals surface area contributed by atoms with Crippen LogP contribution in [0.15, 0.2) is 18.6 Å². The van der Waals surface area contributed by atoms with Crippen LogP contribution in [-0.4, -0.2) is 40.5 Å². The van der Waals surface area contributed by atoms with Gasteiger partial charge in [0.15, 0.2) is 0 Å². The van der Waals surface area contributed by atoms with E-state index in [-0.39, 0.29) is 11.3 Å². The Labute approximate surface area is 136 Å². The van der Waals surface area contributed by atoms with Crippen molar-refractivity contribution in [2.75, 3.05) is 24.5 Å². The zero-order chi connectivity index (χ0) is 16.4. The second-order valence-corrected chi connectivity index (χ2v) is 7.35. The van der Waals surface area contributed by atoms with Gasteiger partial charge in [0.25, 0.3) is 0 Å². The molecule has 3 rings (SSSR count). The van der Waals surface area contributed by atoms with Gasteiger partial charge >= 0.3 is 0 Å². The van der Waals surface area contributed by atoms with Crippen LogP contribution in [0.25, 0.3) is 11.0 Å². The quantitative estimate of drug-likeness (QED) is 0.912. The van der Waals surface area contributed by atoms with Crippen LogP contribution in [0.4, 0.5) is 5.82 Å². The van der Waals surface area contributed by atoms with Gasteiger partial charge in [-0.3, -0.25) is 4.79 Å². The number of fused-ring (bicyclic) bond motifs is 1. The van der Waals surface area contributed by atoms with Gasteiger partial charge in [-0.05, 0) is 24.8 Å². The molecule has 2 N–H and O–H groups in total. The molecule has 2 aromatic heterocycles. The molecule has 1 saturated heterocycles. The summed E-state index contributed by atoms with van der Waals surface area (Å²) in [7, 11) is 0. The van der Waals surface area contributed by atoms with Crippen LogP contribution in [-0.2, 0) is 4.79 Å². The summed E-state index contributed by atoms with van der Waals surface area (Å²) in [5.74, 6) is 1.56. The summed E-state index contributed by atoms with van der Waals surface area (Å²) in [4.78, 5) is 26.2. The number of hydrogen-bond acceptors (Lipinski definition) is 4. The Bertz CT molecular complexity index is 688. The molecule has 2 aromatic rings. The van der Waals surface area contributed by atoms with E-state index in [0.29, 0.717) is 5.92 Å². The smallest absolute Gasteiger partial charge is 0.225 e. The lowest BCUT2D eigenvalue weighted by molar-refractivity contribution is -0.128. The van der Waals surface area contributed by atoms with Gasteiger partial charge in [-0.1, -0.05) is 20.8 Å². The van der Waals surface area contributed by atoms with Crippen LogP contribution in [0.3, 0.4) is 0 Å². The Balaban J connectivity index is 1.67. The maximum atomic E-state index is 12.0. The van der Waals surface area contributed by atoms with E-state index in [1.54, 1.807) is 6.33 Å². The Kier molecular flexibility index (Phi) is 4.24. The Hall–Kier alpha value is -2.11. The molecule has 0 aromatic carbocycles. The number of H-pyrrole nitrogens is 1. The molecule has 1 fully saturated rings. The summed E-state index contributed by atoms with van der Waals surface area (Å²) < 4.78 is 0. The fourth-order valence-electron chi connectivity index (χ4n) is 3.04. The first-order valence-electron chi connectivity index (χ1n) is 8.26. The molecule has 6 nitrogen and oxygen atoms in total. The number of nitrogens with zero attached hydrogens (tertiary/aromatic N) is 3. The highest BCUT2D eigenvalue weighted by Gasteiger charge is 2.25. The Morgan fingerprint density at radius 2 is 2.26 bits per heavy atom. The third kappa shape index (κ3) is 3.46. The SMILES string of the molecule is CC(C)(C)C(=O)NCC1CCCN(c2ncnc3[nH]ccc23)C1. The van der Waals surface area contributed by atoms with Crippen LogP contribution < -0.4 is 10.2 Å². The minimum atomic E-state index is -0.335. The van der Waals surface area contributed by atoms with E-state index in [9.17, 15) is 4.79 Å². The molecule has 1 aliphatic rings. The van der Waals surface area contributed by atoms with Gasteiger partial charge in [-0.15, -0.1) is 0 Å². The molecule has 23 heavy (non-hydrogen) atoms. The van der Waals surface area contributed by atoms with Crippen molar-refractivity contribution in [1.82, 2.24) is 20.3 Å². The minimum Gasteiger partial charge on any atom is -0.356 e. The van der Waals surface area contributed by atoms with Crippen LogP contribution in [0.5, 0.6) is 0 Å². The van der Waals surface area contributed by atoms with Crippen molar-refractivity contribution in [2.24, 2.45) is 11.3 Å².